The summed E-state index contributed by atoms with van der Waals surface area (Å²) in [4.78, 5) is 7.11. The molecule has 2 rings (SSSR count). The Balaban J connectivity index is 0.00000312. The summed E-state index contributed by atoms with van der Waals surface area (Å²) in [5.41, 5.74) is 1.56. The molecule has 1 aliphatic heterocycles. The highest BCUT2D eigenvalue weighted by Crippen LogP contribution is 2.11. The first-order valence-electron chi connectivity index (χ1n) is 9.08. The van der Waals surface area contributed by atoms with Gasteiger partial charge >= 0.3 is 0 Å². The van der Waals surface area contributed by atoms with Crippen molar-refractivity contribution in [2.75, 3.05) is 32.7 Å². The van der Waals surface area contributed by atoms with Crippen LogP contribution in [0.1, 0.15) is 37.8 Å². The van der Waals surface area contributed by atoms with E-state index in [2.05, 4.69) is 34.4 Å². The fraction of sp³-hybridized carbons (Fsp3) is 0.632. The van der Waals surface area contributed by atoms with Crippen molar-refractivity contribution in [3.63, 3.8) is 0 Å². The first kappa shape index (κ1) is 22.2. The number of nitrogens with one attached hydrogen (secondary N) is 2. The molecule has 0 radical (unpaired) electrons. The molecule has 1 aliphatic rings. The molecule has 0 spiro atoms. The first-order valence-corrected chi connectivity index (χ1v) is 9.08. The molecule has 142 valence electrons. The highest BCUT2D eigenvalue weighted by molar-refractivity contribution is 14.0. The van der Waals surface area contributed by atoms with Crippen LogP contribution in [-0.4, -0.2) is 43.6 Å². The van der Waals surface area contributed by atoms with Gasteiger partial charge in [0.2, 0.25) is 0 Å². The van der Waals surface area contributed by atoms with E-state index in [1.807, 2.05) is 6.07 Å². The second-order valence-electron chi connectivity index (χ2n) is 6.77. The van der Waals surface area contributed by atoms with Gasteiger partial charge in [0.05, 0.1) is 6.54 Å². The predicted octanol–water partition coefficient (Wildman–Crippen LogP) is 3.54. The average Bonchev–Trinajstić information content (AvgIpc) is 3.06. The van der Waals surface area contributed by atoms with Gasteiger partial charge in [-0.1, -0.05) is 19.1 Å². The van der Waals surface area contributed by atoms with Crippen LogP contribution in [0.2, 0.25) is 0 Å². The molecular weight excluding hydrogens is 430 g/mol. The van der Waals surface area contributed by atoms with Gasteiger partial charge in [0.1, 0.15) is 5.82 Å². The number of nitrogens with zero attached hydrogens (tertiary/aromatic N) is 2. The largest absolute Gasteiger partial charge is 0.357 e. The molecule has 1 heterocycles. The van der Waals surface area contributed by atoms with Crippen molar-refractivity contribution in [2.45, 2.75) is 40.2 Å². The van der Waals surface area contributed by atoms with Gasteiger partial charge in [0.25, 0.3) is 0 Å². The summed E-state index contributed by atoms with van der Waals surface area (Å²) in [6.45, 7) is 11.9. The molecule has 2 N–H and O–H groups in total. The molecular formula is C19H32FIN4. The third-order valence-corrected chi connectivity index (χ3v) is 4.39. The van der Waals surface area contributed by atoms with Crippen LogP contribution in [0.3, 0.4) is 0 Å². The molecule has 0 saturated carbocycles. The summed E-state index contributed by atoms with van der Waals surface area (Å²) in [5, 5.41) is 6.67. The third-order valence-electron chi connectivity index (χ3n) is 4.39. The molecule has 25 heavy (non-hydrogen) atoms. The van der Waals surface area contributed by atoms with Crippen LogP contribution in [0.4, 0.5) is 4.39 Å². The molecule has 1 saturated heterocycles. The molecule has 0 bridgehead atoms. The molecule has 1 aromatic carbocycles. The minimum Gasteiger partial charge on any atom is -0.357 e. The van der Waals surface area contributed by atoms with Crippen molar-refractivity contribution < 1.29 is 4.39 Å². The molecule has 1 aromatic rings. The lowest BCUT2D eigenvalue weighted by atomic mass is 10.1. The first-order chi connectivity index (χ1) is 11.6. The summed E-state index contributed by atoms with van der Waals surface area (Å²) in [5.74, 6) is 1.20. The van der Waals surface area contributed by atoms with Crippen molar-refractivity contribution in [1.82, 2.24) is 15.5 Å². The van der Waals surface area contributed by atoms with Crippen LogP contribution in [0.15, 0.2) is 23.2 Å². The van der Waals surface area contributed by atoms with Crippen LogP contribution in [0, 0.1) is 18.7 Å². The van der Waals surface area contributed by atoms with Crippen LogP contribution < -0.4 is 10.6 Å². The zero-order valence-corrected chi connectivity index (χ0v) is 18.0. The smallest absolute Gasteiger partial charge is 0.191 e. The van der Waals surface area contributed by atoms with Crippen LogP contribution in [0.25, 0.3) is 0 Å². The average molecular weight is 462 g/mol. The number of rotatable bonds is 7. The van der Waals surface area contributed by atoms with E-state index in [4.69, 9.17) is 0 Å². The number of aryl methyl sites for hydroxylation is 1. The summed E-state index contributed by atoms with van der Waals surface area (Å²) in [6, 6.07) is 5.30. The lowest BCUT2D eigenvalue weighted by Crippen LogP contribution is -2.41. The van der Waals surface area contributed by atoms with Crippen LogP contribution in [0.5, 0.6) is 0 Å². The second kappa shape index (κ2) is 11.7. The van der Waals surface area contributed by atoms with E-state index in [1.54, 1.807) is 19.1 Å². The molecule has 4 nitrogen and oxygen atoms in total. The van der Waals surface area contributed by atoms with E-state index in [0.29, 0.717) is 18.0 Å². The summed E-state index contributed by atoms with van der Waals surface area (Å²) in [7, 11) is 0. The highest BCUT2D eigenvalue weighted by Gasteiger charge is 2.14. The predicted molar refractivity (Wildman–Crippen MR) is 114 cm³/mol. The van der Waals surface area contributed by atoms with E-state index in [-0.39, 0.29) is 29.8 Å². The van der Waals surface area contributed by atoms with Crippen LogP contribution >= 0.6 is 24.0 Å². The maximum absolute atomic E-state index is 13.6. The third kappa shape index (κ3) is 7.90. The second-order valence-corrected chi connectivity index (χ2v) is 6.77. The Kier molecular flexibility index (Phi) is 10.3. The molecule has 1 fully saturated rings. The zero-order valence-electron chi connectivity index (χ0n) is 15.6. The number of likely N-dealkylation sites (tertiary alicyclic amines) is 1. The van der Waals surface area contributed by atoms with E-state index in [9.17, 15) is 4.39 Å². The number of hydrogen-bond acceptors (Lipinski definition) is 2. The van der Waals surface area contributed by atoms with E-state index in [1.165, 1.54) is 25.9 Å². The molecule has 0 aromatic heterocycles. The normalized spacial score (nSPS) is 16.4. The highest BCUT2D eigenvalue weighted by atomic mass is 127. The Labute approximate surface area is 168 Å². The van der Waals surface area contributed by atoms with E-state index < -0.39 is 0 Å². The topological polar surface area (TPSA) is 39.7 Å². The SMILES string of the molecule is CCNC(=NCc1ccc(C)c(F)c1)NCC(C)CN1CCCC1.I. The maximum atomic E-state index is 13.6. The summed E-state index contributed by atoms with van der Waals surface area (Å²) < 4.78 is 13.6. The summed E-state index contributed by atoms with van der Waals surface area (Å²) in [6.07, 6.45) is 2.66. The lowest BCUT2D eigenvalue weighted by molar-refractivity contribution is 0.287. The fourth-order valence-corrected chi connectivity index (χ4v) is 2.99. The minimum atomic E-state index is -0.167. The quantitative estimate of drug-likeness (QED) is 0.370. The molecule has 1 atom stereocenters. The van der Waals surface area contributed by atoms with Gasteiger partial charge < -0.3 is 15.5 Å². The van der Waals surface area contributed by atoms with Crippen molar-refractivity contribution in [3.05, 3.63) is 35.1 Å². The van der Waals surface area contributed by atoms with Gasteiger partial charge in [-0.15, -0.1) is 24.0 Å². The molecule has 1 unspecified atom stereocenters. The standard InChI is InChI=1S/C19H31FN4.HI/c1-4-21-19(22-12-15(2)14-24-9-5-6-10-24)23-13-17-8-7-16(3)18(20)11-17;/h7-8,11,15H,4-6,9-10,12-14H2,1-3H3,(H2,21,22,23);1H. The van der Waals surface area contributed by atoms with E-state index in [0.717, 1.165) is 31.2 Å². The minimum absolute atomic E-state index is 0. The number of benzene rings is 1. The van der Waals surface area contributed by atoms with Gasteiger partial charge in [-0.25, -0.2) is 9.38 Å². The zero-order chi connectivity index (χ0) is 17.4. The molecule has 6 heteroatoms. The van der Waals surface area contributed by atoms with E-state index >= 15 is 0 Å². The molecule has 0 aliphatic carbocycles. The Bertz CT molecular complexity index is 544. The van der Waals surface area contributed by atoms with Gasteiger partial charge in [0, 0.05) is 19.6 Å². The monoisotopic (exact) mass is 462 g/mol. The number of halogens is 2. The Morgan fingerprint density at radius 3 is 2.64 bits per heavy atom. The van der Waals surface area contributed by atoms with Gasteiger partial charge in [-0.05, 0) is 62.9 Å². The fourth-order valence-electron chi connectivity index (χ4n) is 2.99. The number of aliphatic imine (C=N–C) groups is 1. The lowest BCUT2D eigenvalue weighted by Gasteiger charge is -2.21. The molecule has 0 amide bonds. The van der Waals surface area contributed by atoms with Gasteiger partial charge in [0.15, 0.2) is 5.96 Å². The number of hydrogen-bond donors (Lipinski definition) is 2. The Morgan fingerprint density at radius 2 is 2.00 bits per heavy atom. The number of guanidine groups is 1. The van der Waals surface area contributed by atoms with Gasteiger partial charge in [-0.2, -0.15) is 0 Å². The maximum Gasteiger partial charge on any atom is 0.191 e. The van der Waals surface area contributed by atoms with Crippen molar-refractivity contribution in [3.8, 4) is 0 Å². The van der Waals surface area contributed by atoms with Crippen molar-refractivity contribution >= 4 is 29.9 Å². The summed E-state index contributed by atoms with van der Waals surface area (Å²) >= 11 is 0. The Hall–Kier alpha value is -0.890. The van der Waals surface area contributed by atoms with Crippen LogP contribution in [-0.2, 0) is 6.54 Å². The van der Waals surface area contributed by atoms with Crippen molar-refractivity contribution in [2.24, 2.45) is 10.9 Å². The van der Waals surface area contributed by atoms with Crippen molar-refractivity contribution in [1.29, 1.82) is 0 Å². The Morgan fingerprint density at radius 1 is 1.28 bits per heavy atom. The van der Waals surface area contributed by atoms with Gasteiger partial charge in [-0.3, -0.25) is 0 Å².